The van der Waals surface area contributed by atoms with E-state index in [0.29, 0.717) is 12.0 Å². The Hall–Kier alpha value is -3.80. The zero-order valence-corrected chi connectivity index (χ0v) is 16.3. The van der Waals surface area contributed by atoms with Crippen molar-refractivity contribution in [1.29, 1.82) is 0 Å². The molecule has 0 saturated carbocycles. The van der Waals surface area contributed by atoms with Gasteiger partial charge in [0.2, 0.25) is 5.91 Å². The topological polar surface area (TPSA) is 79.4 Å². The second-order valence-electron chi connectivity index (χ2n) is 7.09. The molecule has 0 saturated heterocycles. The number of carbonyl (C=O) groups is 3. The highest BCUT2D eigenvalue weighted by atomic mass is 16.2. The molecule has 6 heteroatoms. The minimum atomic E-state index is -0.401. The molecule has 1 aromatic heterocycles. The standard InChI is InChI=1S/C24H21N3O3/c28-20(14-8-16-27-23(29)19-13-7-15-25-22(19)24(27)30)26-21(17-9-3-1-4-10-17)18-11-5-2-6-12-18/h1-7,9-13,15,21H,8,14,16H2,(H,26,28). The van der Waals surface area contributed by atoms with Crippen LogP contribution in [0, 0.1) is 0 Å². The molecule has 30 heavy (non-hydrogen) atoms. The molecule has 0 spiro atoms. The molecule has 0 atom stereocenters. The Morgan fingerprint density at radius 3 is 2.10 bits per heavy atom. The van der Waals surface area contributed by atoms with Gasteiger partial charge >= 0.3 is 0 Å². The number of benzene rings is 2. The first-order valence-electron chi connectivity index (χ1n) is 9.85. The summed E-state index contributed by atoms with van der Waals surface area (Å²) in [6.07, 6.45) is 2.08. The van der Waals surface area contributed by atoms with Crippen LogP contribution >= 0.6 is 0 Å². The maximum Gasteiger partial charge on any atom is 0.280 e. The van der Waals surface area contributed by atoms with Gasteiger partial charge in [-0.2, -0.15) is 0 Å². The first-order valence-corrected chi connectivity index (χ1v) is 9.85. The number of pyridine rings is 1. The molecule has 0 bridgehead atoms. The maximum atomic E-state index is 12.6. The van der Waals surface area contributed by atoms with E-state index in [4.69, 9.17) is 0 Å². The highest BCUT2D eigenvalue weighted by Gasteiger charge is 2.36. The molecular formula is C24H21N3O3. The molecule has 1 aliphatic rings. The number of fused-ring (bicyclic) bond motifs is 1. The van der Waals surface area contributed by atoms with Crippen LogP contribution in [0.25, 0.3) is 0 Å². The minimum Gasteiger partial charge on any atom is -0.345 e. The summed E-state index contributed by atoms with van der Waals surface area (Å²) >= 11 is 0. The summed E-state index contributed by atoms with van der Waals surface area (Å²) < 4.78 is 0. The fourth-order valence-corrected chi connectivity index (χ4v) is 3.60. The molecule has 2 aromatic carbocycles. The largest absolute Gasteiger partial charge is 0.345 e. The van der Waals surface area contributed by atoms with Gasteiger partial charge in [0.15, 0.2) is 0 Å². The van der Waals surface area contributed by atoms with Crippen molar-refractivity contribution in [2.24, 2.45) is 0 Å². The summed E-state index contributed by atoms with van der Waals surface area (Å²) in [5.41, 5.74) is 2.48. The van der Waals surface area contributed by atoms with Crippen molar-refractivity contribution in [3.05, 3.63) is 101 Å². The summed E-state index contributed by atoms with van der Waals surface area (Å²) in [4.78, 5) is 42.6. The van der Waals surface area contributed by atoms with Gasteiger partial charge in [-0.25, -0.2) is 0 Å². The molecule has 3 aromatic rings. The molecule has 150 valence electrons. The molecule has 3 amide bonds. The van der Waals surface area contributed by atoms with Crippen LogP contribution in [0.15, 0.2) is 79.0 Å². The molecule has 0 fully saturated rings. The van der Waals surface area contributed by atoms with Crippen molar-refractivity contribution >= 4 is 17.7 Å². The van der Waals surface area contributed by atoms with Gasteiger partial charge in [0, 0.05) is 19.2 Å². The Balaban J connectivity index is 1.38. The van der Waals surface area contributed by atoms with Gasteiger partial charge in [-0.3, -0.25) is 24.3 Å². The second-order valence-corrected chi connectivity index (χ2v) is 7.09. The number of hydrogen-bond donors (Lipinski definition) is 1. The average molecular weight is 399 g/mol. The van der Waals surface area contributed by atoms with E-state index in [1.165, 1.54) is 6.20 Å². The van der Waals surface area contributed by atoms with Crippen LogP contribution in [0.1, 0.15) is 50.9 Å². The van der Waals surface area contributed by atoms with Gasteiger partial charge in [0.25, 0.3) is 11.8 Å². The average Bonchev–Trinajstić information content (AvgIpc) is 3.04. The van der Waals surface area contributed by atoms with Gasteiger partial charge < -0.3 is 5.32 Å². The lowest BCUT2D eigenvalue weighted by Gasteiger charge is -2.20. The van der Waals surface area contributed by atoms with E-state index in [2.05, 4.69) is 10.3 Å². The third-order valence-corrected chi connectivity index (χ3v) is 5.09. The lowest BCUT2D eigenvalue weighted by Crippen LogP contribution is -2.33. The Morgan fingerprint density at radius 2 is 1.50 bits per heavy atom. The van der Waals surface area contributed by atoms with E-state index < -0.39 is 5.91 Å². The smallest absolute Gasteiger partial charge is 0.280 e. The zero-order chi connectivity index (χ0) is 20.9. The predicted octanol–water partition coefficient (Wildman–Crippen LogP) is 3.36. The highest BCUT2D eigenvalue weighted by molar-refractivity contribution is 6.20. The monoisotopic (exact) mass is 399 g/mol. The first-order chi connectivity index (χ1) is 14.6. The summed E-state index contributed by atoms with van der Waals surface area (Å²) in [5, 5.41) is 3.07. The predicted molar refractivity (Wildman–Crippen MR) is 112 cm³/mol. The van der Waals surface area contributed by atoms with Gasteiger partial charge in [0.1, 0.15) is 5.69 Å². The number of amides is 3. The molecule has 0 radical (unpaired) electrons. The normalized spacial score (nSPS) is 12.9. The molecular weight excluding hydrogens is 378 g/mol. The number of hydrogen-bond acceptors (Lipinski definition) is 4. The van der Waals surface area contributed by atoms with Crippen molar-refractivity contribution in [2.75, 3.05) is 6.54 Å². The Labute approximate surface area is 174 Å². The summed E-state index contributed by atoms with van der Waals surface area (Å²) in [5.74, 6) is -0.889. The van der Waals surface area contributed by atoms with E-state index in [1.807, 2.05) is 60.7 Å². The van der Waals surface area contributed by atoms with Crippen molar-refractivity contribution in [1.82, 2.24) is 15.2 Å². The zero-order valence-electron chi connectivity index (χ0n) is 16.3. The fourth-order valence-electron chi connectivity index (χ4n) is 3.60. The summed E-state index contributed by atoms with van der Waals surface area (Å²) in [6.45, 7) is 0.183. The lowest BCUT2D eigenvalue weighted by atomic mass is 9.98. The highest BCUT2D eigenvalue weighted by Crippen LogP contribution is 2.23. The summed E-state index contributed by atoms with van der Waals surface area (Å²) in [6, 6.07) is 22.5. The van der Waals surface area contributed by atoms with E-state index in [0.717, 1.165) is 16.0 Å². The fraction of sp³-hybridized carbons (Fsp3) is 0.167. The van der Waals surface area contributed by atoms with E-state index >= 15 is 0 Å². The van der Waals surface area contributed by atoms with Crippen LogP contribution in [0.3, 0.4) is 0 Å². The van der Waals surface area contributed by atoms with Gasteiger partial charge in [0.05, 0.1) is 11.6 Å². The molecule has 1 N–H and O–H groups in total. The Morgan fingerprint density at radius 1 is 0.867 bits per heavy atom. The number of carbonyl (C=O) groups excluding carboxylic acids is 3. The maximum absolute atomic E-state index is 12.6. The molecule has 2 heterocycles. The summed E-state index contributed by atoms with van der Waals surface area (Å²) in [7, 11) is 0. The molecule has 0 unspecified atom stereocenters. The van der Waals surface area contributed by atoms with Gasteiger partial charge in [-0.05, 0) is 29.7 Å². The van der Waals surface area contributed by atoms with Crippen LogP contribution in [0.4, 0.5) is 0 Å². The minimum absolute atomic E-state index is 0.137. The third kappa shape index (κ3) is 3.98. The van der Waals surface area contributed by atoms with E-state index in [1.54, 1.807) is 12.1 Å². The van der Waals surface area contributed by atoms with Crippen LogP contribution in [0.2, 0.25) is 0 Å². The van der Waals surface area contributed by atoms with Crippen LogP contribution < -0.4 is 5.32 Å². The number of imide groups is 1. The molecule has 1 aliphatic heterocycles. The SMILES string of the molecule is O=C(CCCN1C(=O)c2cccnc2C1=O)NC(c1ccccc1)c1ccccc1. The molecule has 4 rings (SSSR count). The number of nitrogens with one attached hydrogen (secondary N) is 1. The molecule has 6 nitrogen and oxygen atoms in total. The van der Waals surface area contributed by atoms with Crippen LogP contribution in [-0.4, -0.2) is 34.2 Å². The van der Waals surface area contributed by atoms with Crippen molar-refractivity contribution in [2.45, 2.75) is 18.9 Å². The van der Waals surface area contributed by atoms with E-state index in [9.17, 15) is 14.4 Å². The Kier molecular flexibility index (Phi) is 5.66. The van der Waals surface area contributed by atoms with Crippen molar-refractivity contribution < 1.29 is 14.4 Å². The third-order valence-electron chi connectivity index (χ3n) is 5.09. The lowest BCUT2D eigenvalue weighted by molar-refractivity contribution is -0.121. The van der Waals surface area contributed by atoms with Crippen LogP contribution in [-0.2, 0) is 4.79 Å². The van der Waals surface area contributed by atoms with Gasteiger partial charge in [-0.15, -0.1) is 0 Å². The van der Waals surface area contributed by atoms with Crippen molar-refractivity contribution in [3.63, 3.8) is 0 Å². The first kappa shape index (κ1) is 19.5. The van der Waals surface area contributed by atoms with Crippen LogP contribution in [0.5, 0.6) is 0 Å². The Bertz CT molecular complexity index is 993. The number of nitrogens with zero attached hydrogens (tertiary/aromatic N) is 2. The number of aromatic nitrogens is 1. The molecule has 0 aliphatic carbocycles. The van der Waals surface area contributed by atoms with E-state index in [-0.39, 0.29) is 36.5 Å². The number of rotatable bonds is 7. The second kappa shape index (κ2) is 8.69. The van der Waals surface area contributed by atoms with Crippen molar-refractivity contribution in [3.8, 4) is 0 Å². The van der Waals surface area contributed by atoms with Gasteiger partial charge in [-0.1, -0.05) is 60.7 Å². The quantitative estimate of drug-likeness (QED) is 0.618.